The zero-order valence-corrected chi connectivity index (χ0v) is 16.1. The molecule has 0 spiro atoms. The number of carbonyl (C=O) groups excluding carboxylic acids is 1. The van der Waals surface area contributed by atoms with Gasteiger partial charge >= 0.3 is 11.9 Å². The first-order valence-corrected chi connectivity index (χ1v) is 9.29. The molecular formula is C19H28ClN3O3. The molecule has 1 heterocycles. The number of benzene rings is 1. The van der Waals surface area contributed by atoms with Gasteiger partial charge in [-0.25, -0.2) is 0 Å². The van der Waals surface area contributed by atoms with Crippen molar-refractivity contribution in [3.63, 3.8) is 0 Å². The Morgan fingerprint density at radius 3 is 2.38 bits per heavy atom. The second-order valence-corrected chi connectivity index (χ2v) is 7.21. The van der Waals surface area contributed by atoms with E-state index in [4.69, 9.17) is 0 Å². The highest BCUT2D eigenvalue weighted by Gasteiger charge is 2.41. The van der Waals surface area contributed by atoms with Crippen LogP contribution in [0.2, 0.25) is 0 Å². The van der Waals surface area contributed by atoms with Crippen LogP contribution in [-0.2, 0) is 4.79 Å². The predicted molar refractivity (Wildman–Crippen MR) is 103 cm³/mol. The van der Waals surface area contributed by atoms with E-state index in [0.29, 0.717) is 11.6 Å². The Morgan fingerprint density at radius 1 is 1.15 bits per heavy atom. The molecule has 0 N–H and O–H groups in total. The van der Waals surface area contributed by atoms with E-state index in [2.05, 4.69) is 4.90 Å². The molecule has 0 bridgehead atoms. The van der Waals surface area contributed by atoms with Gasteiger partial charge < -0.3 is 4.90 Å². The van der Waals surface area contributed by atoms with E-state index in [1.165, 1.54) is 19.3 Å². The lowest BCUT2D eigenvalue weighted by atomic mass is 9.87. The third-order valence-electron chi connectivity index (χ3n) is 5.71. The standard InChI is InChI=1S/C19H27N3O3.ClH/c1-20(16-11-5-6-12-17(16)21-13-7-8-14-21)19(23)18(22(24)25)15-9-3-2-4-10-15;/h2-4,9-10,16-18H,5-8,11-14H2,1H3;1H/t16?,17?,18-;/m0./s1. The SMILES string of the molecule is CN(C(=O)[C@H](c1ccccc1)[N+](=O)[O-])C1CCCCC1N1CCCC1.Cl. The minimum absolute atomic E-state index is 0. The van der Waals surface area contributed by atoms with Crippen molar-refractivity contribution in [1.29, 1.82) is 0 Å². The first-order valence-electron chi connectivity index (χ1n) is 9.29. The molecule has 1 saturated heterocycles. The zero-order valence-electron chi connectivity index (χ0n) is 15.3. The fourth-order valence-electron chi connectivity index (χ4n) is 4.39. The maximum absolute atomic E-state index is 13.0. The highest BCUT2D eigenvalue weighted by atomic mass is 35.5. The fraction of sp³-hybridized carbons (Fsp3) is 0.632. The summed E-state index contributed by atoms with van der Waals surface area (Å²) in [5.74, 6) is -0.396. The molecule has 2 aliphatic rings. The van der Waals surface area contributed by atoms with Crippen molar-refractivity contribution in [2.75, 3.05) is 20.1 Å². The summed E-state index contributed by atoms with van der Waals surface area (Å²) in [6, 6.07) is 7.72. The van der Waals surface area contributed by atoms with Gasteiger partial charge in [0.05, 0.1) is 0 Å². The summed E-state index contributed by atoms with van der Waals surface area (Å²) in [5, 5.41) is 11.6. The van der Waals surface area contributed by atoms with Crippen molar-refractivity contribution in [2.24, 2.45) is 0 Å². The summed E-state index contributed by atoms with van der Waals surface area (Å²) in [6.07, 6.45) is 6.70. The number of likely N-dealkylation sites (N-methyl/N-ethyl adjacent to an activating group) is 1. The van der Waals surface area contributed by atoms with E-state index in [1.807, 2.05) is 0 Å². The van der Waals surface area contributed by atoms with E-state index in [0.717, 1.165) is 32.4 Å². The second-order valence-electron chi connectivity index (χ2n) is 7.21. The van der Waals surface area contributed by atoms with Crippen molar-refractivity contribution in [1.82, 2.24) is 9.80 Å². The van der Waals surface area contributed by atoms with Crippen LogP contribution < -0.4 is 0 Å². The van der Waals surface area contributed by atoms with E-state index >= 15 is 0 Å². The number of hydrogen-bond donors (Lipinski definition) is 0. The molecule has 1 aliphatic heterocycles. The van der Waals surface area contributed by atoms with Gasteiger partial charge in [-0.05, 0) is 38.8 Å². The Morgan fingerprint density at radius 2 is 1.77 bits per heavy atom. The largest absolute Gasteiger partial charge is 0.335 e. The van der Waals surface area contributed by atoms with E-state index < -0.39 is 16.9 Å². The van der Waals surface area contributed by atoms with Crippen LogP contribution in [0.5, 0.6) is 0 Å². The number of likely N-dealkylation sites (tertiary alicyclic amines) is 1. The summed E-state index contributed by atoms with van der Waals surface area (Å²) < 4.78 is 0. The first-order chi connectivity index (χ1) is 12.1. The molecule has 1 aliphatic carbocycles. The smallest absolute Gasteiger partial charge is 0.314 e. The first kappa shape index (κ1) is 20.6. The Bertz CT molecular complexity index is 607. The van der Waals surface area contributed by atoms with Crippen LogP contribution in [0.4, 0.5) is 0 Å². The van der Waals surface area contributed by atoms with Crippen molar-refractivity contribution >= 4 is 18.3 Å². The van der Waals surface area contributed by atoms with Gasteiger partial charge in [-0.2, -0.15) is 0 Å². The van der Waals surface area contributed by atoms with Gasteiger partial charge in [-0.15, -0.1) is 12.4 Å². The fourth-order valence-corrected chi connectivity index (χ4v) is 4.39. The average Bonchev–Trinajstić information content (AvgIpc) is 3.16. The number of rotatable bonds is 5. The second kappa shape index (κ2) is 9.33. The number of hydrogen-bond acceptors (Lipinski definition) is 4. The van der Waals surface area contributed by atoms with Gasteiger partial charge in [0.1, 0.15) is 0 Å². The molecule has 2 unspecified atom stereocenters. The molecule has 144 valence electrons. The normalized spacial score (nSPS) is 24.5. The molecular weight excluding hydrogens is 354 g/mol. The van der Waals surface area contributed by atoms with Crippen LogP contribution >= 0.6 is 12.4 Å². The summed E-state index contributed by atoms with van der Waals surface area (Å²) in [5.41, 5.74) is 0.456. The summed E-state index contributed by atoms with van der Waals surface area (Å²) >= 11 is 0. The number of nitro groups is 1. The number of carbonyl (C=O) groups is 1. The summed E-state index contributed by atoms with van der Waals surface area (Å²) in [6.45, 7) is 2.17. The van der Waals surface area contributed by atoms with Crippen molar-refractivity contribution < 1.29 is 9.72 Å². The van der Waals surface area contributed by atoms with Gasteiger partial charge in [0.2, 0.25) is 0 Å². The van der Waals surface area contributed by atoms with Crippen LogP contribution in [0, 0.1) is 10.1 Å². The lowest BCUT2D eigenvalue weighted by Gasteiger charge is -2.42. The molecule has 3 rings (SSSR count). The Hall–Kier alpha value is -1.66. The van der Waals surface area contributed by atoms with Crippen molar-refractivity contribution in [2.45, 2.75) is 56.7 Å². The maximum Gasteiger partial charge on any atom is 0.314 e. The molecule has 1 amide bonds. The monoisotopic (exact) mass is 381 g/mol. The summed E-state index contributed by atoms with van der Waals surface area (Å²) in [4.78, 5) is 28.3. The van der Waals surface area contributed by atoms with Crippen molar-refractivity contribution in [3.8, 4) is 0 Å². The predicted octanol–water partition coefficient (Wildman–Crippen LogP) is 3.29. The lowest BCUT2D eigenvalue weighted by molar-refractivity contribution is -0.515. The Balaban J connectivity index is 0.00000243. The third-order valence-corrected chi connectivity index (χ3v) is 5.71. The minimum Gasteiger partial charge on any atom is -0.335 e. The zero-order chi connectivity index (χ0) is 17.8. The van der Waals surface area contributed by atoms with Crippen LogP contribution in [0.1, 0.15) is 50.1 Å². The Kier molecular flexibility index (Phi) is 7.41. The quantitative estimate of drug-likeness (QED) is 0.579. The third kappa shape index (κ3) is 4.35. The molecule has 1 aromatic rings. The van der Waals surface area contributed by atoms with E-state index in [1.54, 1.807) is 42.3 Å². The van der Waals surface area contributed by atoms with Gasteiger partial charge in [0, 0.05) is 29.6 Å². The van der Waals surface area contributed by atoms with Gasteiger partial charge in [-0.3, -0.25) is 19.8 Å². The molecule has 7 heteroatoms. The number of amides is 1. The number of nitrogens with zero attached hydrogens (tertiary/aromatic N) is 3. The van der Waals surface area contributed by atoms with E-state index in [-0.39, 0.29) is 18.4 Å². The number of halogens is 1. The lowest BCUT2D eigenvalue weighted by Crippen LogP contribution is -2.54. The molecule has 6 nitrogen and oxygen atoms in total. The molecule has 0 radical (unpaired) electrons. The highest BCUT2D eigenvalue weighted by molar-refractivity contribution is 5.85. The van der Waals surface area contributed by atoms with E-state index in [9.17, 15) is 14.9 Å². The topological polar surface area (TPSA) is 66.7 Å². The van der Waals surface area contributed by atoms with Gasteiger partial charge in [-0.1, -0.05) is 43.2 Å². The van der Waals surface area contributed by atoms with Gasteiger partial charge in [0.15, 0.2) is 0 Å². The molecule has 1 aromatic carbocycles. The van der Waals surface area contributed by atoms with Crippen LogP contribution in [-0.4, -0.2) is 52.9 Å². The molecule has 26 heavy (non-hydrogen) atoms. The highest BCUT2D eigenvalue weighted by Crippen LogP contribution is 2.31. The molecule has 0 aromatic heterocycles. The molecule has 1 saturated carbocycles. The molecule has 3 atom stereocenters. The van der Waals surface area contributed by atoms with Gasteiger partial charge in [0.25, 0.3) is 0 Å². The van der Waals surface area contributed by atoms with Crippen LogP contribution in [0.15, 0.2) is 30.3 Å². The molecule has 2 fully saturated rings. The van der Waals surface area contributed by atoms with Crippen LogP contribution in [0.25, 0.3) is 0 Å². The Labute approximate surface area is 161 Å². The van der Waals surface area contributed by atoms with Crippen LogP contribution in [0.3, 0.4) is 0 Å². The maximum atomic E-state index is 13.0. The average molecular weight is 382 g/mol. The minimum atomic E-state index is -1.31. The van der Waals surface area contributed by atoms with Crippen molar-refractivity contribution in [3.05, 3.63) is 46.0 Å². The summed E-state index contributed by atoms with van der Waals surface area (Å²) in [7, 11) is 1.75.